The summed E-state index contributed by atoms with van der Waals surface area (Å²) in [6.07, 6.45) is 11.0. The lowest BCUT2D eigenvalue weighted by Gasteiger charge is -2.75. The highest BCUT2D eigenvalue weighted by Crippen LogP contribution is 2.80. The molecule has 4 saturated carbocycles. The fourth-order valence-corrected chi connectivity index (χ4v) is 15.4. The molecule has 0 radical (unpaired) electrons. The van der Waals surface area contributed by atoms with E-state index in [1.165, 1.54) is 30.4 Å². The summed E-state index contributed by atoms with van der Waals surface area (Å²) in [6.45, 7) is 27.4. The van der Waals surface area contributed by atoms with E-state index in [0.717, 1.165) is 43.4 Å². The number of carboxylic acid groups (broad SMARTS) is 2. The van der Waals surface area contributed by atoms with Crippen molar-refractivity contribution < 1.29 is 24.6 Å². The molecule has 4 fully saturated rings. The van der Waals surface area contributed by atoms with Crippen molar-refractivity contribution >= 4 is 29.1 Å². The van der Waals surface area contributed by atoms with Gasteiger partial charge in [-0.3, -0.25) is 4.79 Å². The van der Waals surface area contributed by atoms with Gasteiger partial charge < -0.3 is 20.8 Å². The molecular formula is C50H68N2O5. The summed E-state index contributed by atoms with van der Waals surface area (Å²) in [5.41, 5.74) is 5.80. The van der Waals surface area contributed by atoms with Crippen molar-refractivity contribution in [3.8, 4) is 0 Å². The van der Waals surface area contributed by atoms with Gasteiger partial charge in [0.15, 0.2) is 0 Å². The fraction of sp³-hybridized carbons (Fsp3) is 0.620. The van der Waals surface area contributed by atoms with E-state index < -0.39 is 17.4 Å². The summed E-state index contributed by atoms with van der Waals surface area (Å²) in [5.74, 6) is 1.40. The lowest BCUT2D eigenvalue weighted by Crippen LogP contribution is -2.70. The summed E-state index contributed by atoms with van der Waals surface area (Å²) in [5, 5.41) is 25.8. The highest BCUT2D eigenvalue weighted by atomic mass is 16.4. The van der Waals surface area contributed by atoms with Crippen molar-refractivity contribution in [1.82, 2.24) is 5.32 Å². The van der Waals surface area contributed by atoms with Gasteiger partial charge in [-0.05, 0) is 175 Å². The molecule has 0 aromatic heterocycles. The molecule has 10 atom stereocenters. The topological polar surface area (TPSA) is 116 Å². The van der Waals surface area contributed by atoms with Crippen LogP contribution in [-0.2, 0) is 4.79 Å². The van der Waals surface area contributed by atoms with Gasteiger partial charge >= 0.3 is 11.9 Å². The maximum Gasteiger partial charge on any atom is 0.335 e. The summed E-state index contributed by atoms with van der Waals surface area (Å²) in [7, 11) is 0. The largest absolute Gasteiger partial charge is 0.478 e. The number of carbonyl (C=O) groups excluding carboxylic acids is 1. The molecule has 5 aliphatic carbocycles. The van der Waals surface area contributed by atoms with Crippen molar-refractivity contribution in [3.63, 3.8) is 0 Å². The van der Waals surface area contributed by atoms with Gasteiger partial charge in [0, 0.05) is 18.8 Å². The molecule has 2 aromatic rings. The average Bonchev–Trinajstić information content (AvgIpc) is 3.55. The molecule has 308 valence electrons. The number of carboxylic acids is 2. The van der Waals surface area contributed by atoms with Gasteiger partial charge in [0.2, 0.25) is 5.91 Å². The van der Waals surface area contributed by atoms with Gasteiger partial charge in [0.05, 0.1) is 16.5 Å². The van der Waals surface area contributed by atoms with Crippen molar-refractivity contribution in [3.05, 3.63) is 82.9 Å². The first-order valence-corrected chi connectivity index (χ1v) is 21.8. The molecule has 0 bridgehead atoms. The third kappa shape index (κ3) is 6.13. The number of amides is 1. The number of anilines is 1. The molecule has 7 nitrogen and oxygen atoms in total. The molecule has 0 spiro atoms. The minimum atomic E-state index is -0.926. The minimum absolute atomic E-state index is 0.0595. The van der Waals surface area contributed by atoms with E-state index in [1.54, 1.807) is 24.3 Å². The first kappa shape index (κ1) is 41.3. The van der Waals surface area contributed by atoms with Crippen molar-refractivity contribution in [2.75, 3.05) is 18.4 Å². The van der Waals surface area contributed by atoms with Gasteiger partial charge in [-0.15, -0.1) is 0 Å². The van der Waals surface area contributed by atoms with Crippen molar-refractivity contribution in [1.29, 1.82) is 0 Å². The molecule has 7 rings (SSSR count). The van der Waals surface area contributed by atoms with Gasteiger partial charge in [0.25, 0.3) is 0 Å². The molecule has 0 saturated heterocycles. The molecule has 2 aromatic carbocycles. The highest BCUT2D eigenvalue weighted by molar-refractivity contribution is 5.90. The Morgan fingerprint density at radius 3 is 2.19 bits per heavy atom. The molecule has 1 amide bonds. The van der Waals surface area contributed by atoms with Crippen LogP contribution in [0.2, 0.25) is 0 Å². The first-order valence-electron chi connectivity index (χ1n) is 21.8. The Morgan fingerprint density at radius 1 is 0.877 bits per heavy atom. The number of fused-ring (bicyclic) bond motifs is 7. The van der Waals surface area contributed by atoms with Crippen LogP contribution in [-0.4, -0.2) is 41.1 Å². The minimum Gasteiger partial charge on any atom is -0.478 e. The van der Waals surface area contributed by atoms with Gasteiger partial charge in [0.1, 0.15) is 0 Å². The Hall–Kier alpha value is -3.87. The number of carbonyl (C=O) groups is 3. The molecule has 4 N–H and O–H groups in total. The van der Waals surface area contributed by atoms with Crippen LogP contribution in [0.4, 0.5) is 5.69 Å². The normalized spacial score (nSPS) is 36.5. The zero-order valence-electron chi connectivity index (χ0n) is 36.1. The SMILES string of the molecule is C=C(C)[C@@H]1CC[C@]2(C(=O)NCCNc3ccc(C(=O)O)c(C)c3)CC[C@]3(C(C)C)[C@@H]([C@@H]12)[C@@H](C)CC1[C@@]2(C)CC=C(c4ccc(C(=O)O)cc4)C(C)(C)C2CC[C@]13C. The fourth-order valence-electron chi connectivity index (χ4n) is 15.4. The van der Waals surface area contributed by atoms with Crippen molar-refractivity contribution in [2.45, 2.75) is 114 Å². The van der Waals surface area contributed by atoms with E-state index in [2.05, 4.69) is 78.7 Å². The standard InChI is InChI=1S/C50H68N2O5/c1-29(2)36-17-22-49(45(57)52-26-25-51-35-15-16-37(44(55)56)31(5)27-35)23-24-50(30(3)4)41(42(36)49)32(6)28-40-47(9)20-18-38(33-11-13-34(14-12-33)43(53)54)46(7,8)39(47)19-21-48(40,50)10/h11-16,18,27,30,32,36,39-42,51H,1,17,19-26,28H2,2-10H3,(H,52,57)(H,53,54)(H,55,56)/t32-,36-,39?,40?,41+,42+,47-,48+,49-,50-/m0/s1. The molecule has 5 aliphatic rings. The van der Waals surface area contributed by atoms with E-state index >= 15 is 0 Å². The first-order chi connectivity index (χ1) is 26.8. The van der Waals surface area contributed by atoms with E-state index in [9.17, 15) is 24.6 Å². The van der Waals surface area contributed by atoms with E-state index in [4.69, 9.17) is 0 Å². The predicted molar refractivity (Wildman–Crippen MR) is 229 cm³/mol. The quantitative estimate of drug-likeness (QED) is 0.141. The Kier molecular flexibility index (Phi) is 10.5. The molecule has 0 heterocycles. The second kappa shape index (κ2) is 14.4. The zero-order chi connectivity index (χ0) is 41.5. The van der Waals surface area contributed by atoms with Crippen LogP contribution in [0, 0.1) is 75.4 Å². The van der Waals surface area contributed by atoms with Crippen LogP contribution >= 0.6 is 0 Å². The zero-order valence-corrected chi connectivity index (χ0v) is 36.1. The number of rotatable bonds is 10. The van der Waals surface area contributed by atoms with Gasteiger partial charge in [-0.1, -0.05) is 78.8 Å². The maximum atomic E-state index is 14.8. The summed E-state index contributed by atoms with van der Waals surface area (Å²) < 4.78 is 0. The van der Waals surface area contributed by atoms with Crippen LogP contribution in [0.15, 0.2) is 60.7 Å². The van der Waals surface area contributed by atoms with Crippen LogP contribution in [0.3, 0.4) is 0 Å². The van der Waals surface area contributed by atoms with Crippen LogP contribution in [0.5, 0.6) is 0 Å². The number of nitrogens with one attached hydrogen (secondary N) is 2. The van der Waals surface area contributed by atoms with Crippen LogP contribution < -0.4 is 10.6 Å². The smallest absolute Gasteiger partial charge is 0.335 e. The number of allylic oxidation sites excluding steroid dienone is 3. The van der Waals surface area contributed by atoms with Crippen LogP contribution in [0.1, 0.15) is 139 Å². The summed E-state index contributed by atoms with van der Waals surface area (Å²) in [4.78, 5) is 38.0. The lowest BCUT2D eigenvalue weighted by atomic mass is 9.29. The Labute approximate surface area is 341 Å². The third-order valence-corrected chi connectivity index (χ3v) is 17.6. The molecule has 2 unspecified atom stereocenters. The number of aromatic carboxylic acids is 2. The predicted octanol–water partition coefficient (Wildman–Crippen LogP) is 11.2. The highest BCUT2D eigenvalue weighted by Gasteiger charge is 2.74. The molecule has 57 heavy (non-hydrogen) atoms. The second-order valence-electron chi connectivity index (χ2n) is 20.6. The molecule has 0 aliphatic heterocycles. The summed E-state index contributed by atoms with van der Waals surface area (Å²) in [6, 6.07) is 12.8. The number of hydrogen-bond acceptors (Lipinski definition) is 4. The lowest BCUT2D eigenvalue weighted by molar-refractivity contribution is -0.262. The van der Waals surface area contributed by atoms with E-state index in [-0.39, 0.29) is 33.5 Å². The average molecular weight is 777 g/mol. The van der Waals surface area contributed by atoms with Gasteiger partial charge in [-0.25, -0.2) is 9.59 Å². The molecular weight excluding hydrogens is 709 g/mol. The Morgan fingerprint density at radius 2 is 1.58 bits per heavy atom. The number of hydrogen-bond donors (Lipinski definition) is 4. The monoisotopic (exact) mass is 777 g/mol. The second-order valence-corrected chi connectivity index (χ2v) is 20.6. The van der Waals surface area contributed by atoms with Gasteiger partial charge in [-0.2, -0.15) is 0 Å². The Bertz CT molecular complexity index is 1980. The number of benzene rings is 2. The maximum absolute atomic E-state index is 14.8. The Balaban J connectivity index is 1.18. The summed E-state index contributed by atoms with van der Waals surface area (Å²) >= 11 is 0. The van der Waals surface area contributed by atoms with E-state index in [0.29, 0.717) is 65.3 Å². The molecule has 7 heteroatoms. The third-order valence-electron chi connectivity index (χ3n) is 17.6. The van der Waals surface area contributed by atoms with Crippen LogP contribution in [0.25, 0.3) is 5.57 Å². The number of aryl methyl sites for hydroxylation is 1. The van der Waals surface area contributed by atoms with Crippen molar-refractivity contribution in [2.24, 2.45) is 68.5 Å². The van der Waals surface area contributed by atoms with E-state index in [1.807, 2.05) is 25.1 Å².